The van der Waals surface area contributed by atoms with Gasteiger partial charge in [0.25, 0.3) is 11.4 Å². The van der Waals surface area contributed by atoms with Crippen LogP contribution in [0.3, 0.4) is 0 Å². The number of alkyl halides is 8. The van der Waals surface area contributed by atoms with Gasteiger partial charge in [-0.3, -0.25) is 35.3 Å². The third kappa shape index (κ3) is 38.8. The molecule has 0 atom stereocenters. The van der Waals surface area contributed by atoms with E-state index in [1.54, 1.807) is 42.7 Å². The highest BCUT2D eigenvalue weighted by Crippen LogP contribution is 2.30. The average Bonchev–Trinajstić information content (AvgIpc) is 3.67. The van der Waals surface area contributed by atoms with Gasteiger partial charge in [-0.1, -0.05) is 187 Å². The van der Waals surface area contributed by atoms with E-state index in [2.05, 4.69) is 98.8 Å². The number of nitro groups is 3. The molecule has 0 unspecified atom stereocenters. The minimum Gasteiger partial charge on any atom is -0.258 e. The van der Waals surface area contributed by atoms with E-state index in [1.165, 1.54) is 83.5 Å². The molecular weight excluding hydrogens is 1340 g/mol. The van der Waals surface area contributed by atoms with Crippen molar-refractivity contribution in [1.82, 2.24) is 15.0 Å². The number of halogens is 15. The molecule has 0 saturated carbocycles. The summed E-state index contributed by atoms with van der Waals surface area (Å²) in [5.74, 6) is -0.799. The number of hydrogen-bond acceptors (Lipinski definition) is 10. The number of aromatic nitrogens is 3. The number of para-hydroxylation sites is 3. The van der Waals surface area contributed by atoms with Gasteiger partial charge in [0.15, 0.2) is 0 Å². The van der Waals surface area contributed by atoms with Crippen LogP contribution in [0.25, 0.3) is 21.7 Å². The molecule has 0 saturated heterocycles. The summed E-state index contributed by atoms with van der Waals surface area (Å²) >= 11 is 42.1. The normalized spacial score (nSPS) is 9.38. The van der Waals surface area contributed by atoms with E-state index < -0.39 is 44.2 Å². The first-order chi connectivity index (χ1) is 42.2. The van der Waals surface area contributed by atoms with Crippen molar-refractivity contribution in [3.63, 3.8) is 0 Å². The fraction of sp³-hybridized carbons (Fsp3) is 0.115. The lowest BCUT2D eigenvalue weighted by Gasteiger charge is -2.04. The van der Waals surface area contributed by atoms with Gasteiger partial charge in [-0.15, -0.1) is 23.2 Å². The zero-order valence-corrected chi connectivity index (χ0v) is 53.2. The van der Waals surface area contributed by atoms with E-state index in [1.807, 2.05) is 62.5 Å². The van der Waals surface area contributed by atoms with Gasteiger partial charge in [0, 0.05) is 71.9 Å². The molecule has 0 radical (unpaired) electrons. The fourth-order valence-corrected chi connectivity index (χ4v) is 6.40. The quantitative estimate of drug-likeness (QED) is 0.0540. The highest BCUT2D eigenvalue weighted by atomic mass is 35.5. The molecule has 0 bridgehead atoms. The smallest absolute Gasteiger partial charge is 0.258 e. The lowest BCUT2D eigenvalue weighted by atomic mass is 10.1. The highest BCUT2D eigenvalue weighted by molar-refractivity contribution is 6.35. The summed E-state index contributed by atoms with van der Waals surface area (Å²) in [6.07, 6.45) is -0.321. The maximum atomic E-state index is 12.4. The number of hydrogen-bond donors (Lipinski definition) is 0. The van der Waals surface area contributed by atoms with Crippen LogP contribution in [0, 0.1) is 47.5 Å². The minimum absolute atomic E-state index is 0.0517. The van der Waals surface area contributed by atoms with Crippen LogP contribution in [0.2, 0.25) is 30.4 Å². The molecule has 13 nitrogen and oxygen atoms in total. The van der Waals surface area contributed by atoms with Gasteiger partial charge in [0.05, 0.1) is 31.4 Å². The van der Waals surface area contributed by atoms with Gasteiger partial charge in [-0.05, 0) is 95.7 Å². The fourth-order valence-electron chi connectivity index (χ4n) is 5.42. The Hall–Kier alpha value is -7.97. The molecule has 28 heteroatoms. The molecule has 7 aromatic carbocycles. The van der Waals surface area contributed by atoms with Gasteiger partial charge in [-0.2, -0.15) is 36.0 Å². The molecule has 10 rings (SSSR count). The Bertz CT molecular complexity index is 3390. The Labute approximate surface area is 548 Å². The summed E-state index contributed by atoms with van der Waals surface area (Å²) in [6, 6.07) is 58.9. The van der Waals surface area contributed by atoms with E-state index >= 15 is 0 Å². The minimum atomic E-state index is -4.27. The van der Waals surface area contributed by atoms with Crippen LogP contribution in [0.5, 0.6) is 0 Å². The van der Waals surface area contributed by atoms with Crippen LogP contribution in [0.4, 0.5) is 47.8 Å². The highest BCUT2D eigenvalue weighted by Gasteiger charge is 2.29. The number of nitrogens with zero attached hydrogens (tertiary/aromatic N) is 7. The molecule has 89 heavy (non-hydrogen) atoms. The van der Waals surface area contributed by atoms with Gasteiger partial charge in [-0.25, -0.2) is 9.97 Å². The number of fused-ring (bicyclic) bond motifs is 2. The monoisotopic (exact) mass is 1390 g/mol. The number of benzene rings is 7. The van der Waals surface area contributed by atoms with Crippen molar-refractivity contribution in [3.05, 3.63) is 303 Å². The SMILES string of the molecule is CC.CC(F)(F)F.CCl.CCl.Clc1ccccn1.FC(F)(F)c1ccc(Cl)cc1.N#Cc1cccnc1Cl.O=[N+]([O-])c1cc(Cl)ccc1Cl.O=[N+]([O-])c1ccccc1Cl.O=[N+]([O-])c1ccccc1F.c1ccc2ccccc2c1.c1ccc2ncccc2c1. The molecule has 10 aromatic rings. The molecule has 0 fully saturated rings. The van der Waals surface area contributed by atoms with Crippen molar-refractivity contribution in [2.75, 3.05) is 12.8 Å². The van der Waals surface area contributed by atoms with Gasteiger partial charge >= 0.3 is 18.0 Å². The second kappa shape index (κ2) is 48.0. The average molecular weight is 1400 g/mol. The van der Waals surface area contributed by atoms with Crippen molar-refractivity contribution in [1.29, 1.82) is 5.26 Å². The van der Waals surface area contributed by atoms with Gasteiger partial charge in [0.1, 0.15) is 26.4 Å². The van der Waals surface area contributed by atoms with Gasteiger partial charge in [0.2, 0.25) is 5.82 Å². The zero-order valence-electron chi connectivity index (χ0n) is 47.1. The number of nitriles is 1. The Morgan fingerprint density at radius 2 is 0.843 bits per heavy atom. The largest absolute Gasteiger partial charge is 0.416 e. The molecule has 472 valence electrons. The van der Waals surface area contributed by atoms with Crippen molar-refractivity contribution in [2.45, 2.75) is 33.1 Å². The molecule has 3 aromatic heterocycles. The molecule has 0 amide bonds. The standard InChI is InChI=1S/C10H8.C9H7N.C7H4ClF3.C6H3Cl2NO2.C6H3ClN2.C6H4ClNO2.C6H4FNO2.C5H4ClN.C2H3F3.C2H6.2CH3Cl/c1-2-6-10-8-4-3-7-9(10)5-1;1-2-6-9-8(4-1)5-3-7-10-9;8-6-3-1-5(2-4-6)7(9,10)11;7-4-1-2-5(8)6(3-4)9(10)11;7-6-5(4-8)2-1-3-9-6;2*7-5-3-1-2-4-6(5)8(9)10;6-5-3-1-2-4-7-5;1-2(3,4)5;3*1-2/h1-8H;1-7H;1-4H;1-3H;1-3H;2*1-4H;1-4H;1H3;1-2H3;2*1H3. The van der Waals surface area contributed by atoms with E-state index in [-0.39, 0.29) is 33.5 Å². The second-order valence-electron chi connectivity index (χ2n) is 15.2. The predicted molar refractivity (Wildman–Crippen MR) is 346 cm³/mol. The van der Waals surface area contributed by atoms with Crippen LogP contribution in [-0.4, -0.2) is 48.7 Å². The molecular formula is C61H52Cl8F7N7O6. The summed E-state index contributed by atoms with van der Waals surface area (Å²) in [4.78, 5) is 40.1. The molecule has 0 N–H and O–H groups in total. The van der Waals surface area contributed by atoms with Crippen molar-refractivity contribution >= 4 is 132 Å². The Morgan fingerprint density at radius 3 is 1.21 bits per heavy atom. The van der Waals surface area contributed by atoms with Crippen molar-refractivity contribution < 1.29 is 45.5 Å². The summed E-state index contributed by atoms with van der Waals surface area (Å²) in [6.45, 7) is 4.19. The lowest BCUT2D eigenvalue weighted by Crippen LogP contribution is -2.03. The van der Waals surface area contributed by atoms with E-state index in [4.69, 9.17) is 74.9 Å². The molecule has 3 heterocycles. The second-order valence-corrected chi connectivity index (χ2v) is 17.6. The van der Waals surface area contributed by atoms with E-state index in [0.29, 0.717) is 20.8 Å². The van der Waals surface area contributed by atoms with E-state index in [0.717, 1.165) is 29.8 Å². The number of rotatable bonds is 3. The molecule has 0 spiro atoms. The third-order valence-corrected chi connectivity index (χ3v) is 10.7. The zero-order chi connectivity index (χ0) is 68.0. The Balaban J connectivity index is 0. The summed E-state index contributed by atoms with van der Waals surface area (Å²) in [5, 5.41) is 44.2. The summed E-state index contributed by atoms with van der Waals surface area (Å²) < 4.78 is 79.1. The topological polar surface area (TPSA) is 192 Å². The first kappa shape index (κ1) is 83.1. The van der Waals surface area contributed by atoms with Gasteiger partial charge < -0.3 is 0 Å². The van der Waals surface area contributed by atoms with Crippen LogP contribution in [0.15, 0.2) is 225 Å². The molecule has 0 aliphatic heterocycles. The maximum Gasteiger partial charge on any atom is 0.416 e. The van der Waals surface area contributed by atoms with Crippen LogP contribution >= 0.6 is 92.8 Å². The lowest BCUT2D eigenvalue weighted by molar-refractivity contribution is -0.387. The van der Waals surface area contributed by atoms with Crippen molar-refractivity contribution in [2.24, 2.45) is 0 Å². The summed E-state index contributed by atoms with van der Waals surface area (Å²) in [7, 11) is 0. The maximum absolute atomic E-state index is 12.4. The summed E-state index contributed by atoms with van der Waals surface area (Å²) in [5.41, 5.74) is 0.0944. The Morgan fingerprint density at radius 1 is 0.449 bits per heavy atom. The molecule has 0 aliphatic rings. The third-order valence-electron chi connectivity index (χ3n) is 9.05. The van der Waals surface area contributed by atoms with Crippen LogP contribution in [0.1, 0.15) is 31.9 Å². The van der Waals surface area contributed by atoms with Crippen molar-refractivity contribution in [3.8, 4) is 6.07 Å². The van der Waals surface area contributed by atoms with Crippen LogP contribution in [-0.2, 0) is 6.18 Å². The first-order valence-corrected chi connectivity index (χ1v) is 28.3. The van der Waals surface area contributed by atoms with E-state index in [9.17, 15) is 61.1 Å². The first-order valence-electron chi connectivity index (χ1n) is 24.5. The van der Waals surface area contributed by atoms with Crippen LogP contribution < -0.4 is 0 Å². The molecule has 0 aliphatic carbocycles. The number of pyridine rings is 3. The number of nitro benzene ring substituents is 3. The Kier molecular flexibility index (Phi) is 44.8. The predicted octanol–water partition coefficient (Wildman–Crippen LogP) is 23.0.